The second kappa shape index (κ2) is 4.70. The molecule has 66 valence electrons. The Bertz CT molecular complexity index is 94.8. The van der Waals surface area contributed by atoms with Crippen LogP contribution in [-0.2, 0) is 0 Å². The fourth-order valence-corrected chi connectivity index (χ4v) is 1.59. The molecule has 1 saturated heterocycles. The van der Waals surface area contributed by atoms with Gasteiger partial charge in [0.2, 0.25) is 0 Å². The number of hydrogen-bond acceptors (Lipinski definition) is 3. The van der Waals surface area contributed by atoms with E-state index in [1.54, 1.807) is 0 Å². The minimum atomic E-state index is 0.905. The van der Waals surface area contributed by atoms with E-state index in [9.17, 15) is 0 Å². The highest BCUT2D eigenvalue weighted by Crippen LogP contribution is 2.17. The lowest BCUT2D eigenvalue weighted by Gasteiger charge is -2.28. The van der Waals surface area contributed by atoms with Crippen LogP contribution in [0.3, 0.4) is 0 Å². The summed E-state index contributed by atoms with van der Waals surface area (Å²) < 4.78 is 0. The summed E-state index contributed by atoms with van der Waals surface area (Å²) in [6.45, 7) is 3.30. The van der Waals surface area contributed by atoms with E-state index in [4.69, 9.17) is 5.84 Å². The first-order valence-corrected chi connectivity index (χ1v) is 4.47. The Morgan fingerprint density at radius 3 is 2.64 bits per heavy atom. The summed E-state index contributed by atoms with van der Waals surface area (Å²) in [6.07, 6.45) is 3.86. The fraction of sp³-hybridized carbons (Fsp3) is 1.00. The van der Waals surface area contributed by atoms with Crippen LogP contribution in [0.1, 0.15) is 19.3 Å². The van der Waals surface area contributed by atoms with E-state index in [-0.39, 0.29) is 0 Å². The molecule has 0 bridgehead atoms. The molecule has 0 atom stereocenters. The minimum Gasteiger partial charge on any atom is -0.320 e. The van der Waals surface area contributed by atoms with Gasteiger partial charge in [-0.05, 0) is 38.8 Å². The quantitative estimate of drug-likeness (QED) is 0.574. The van der Waals surface area contributed by atoms with E-state index in [1.165, 1.54) is 19.3 Å². The molecule has 0 radical (unpaired) electrons. The maximum Gasteiger partial charge on any atom is 0.0131 e. The molecule has 0 aliphatic carbocycles. The van der Waals surface area contributed by atoms with Crippen molar-refractivity contribution in [3.63, 3.8) is 0 Å². The standard InChI is InChI=1S/C8H19N3/c1-10-5-2-8-3-6-11(9)7-4-8/h8,10H,2-7,9H2,1H3. The summed E-state index contributed by atoms with van der Waals surface area (Å²) in [5.41, 5.74) is 0. The molecule has 3 N–H and O–H groups in total. The van der Waals surface area contributed by atoms with Crippen LogP contribution in [0.5, 0.6) is 0 Å². The maximum absolute atomic E-state index is 5.64. The van der Waals surface area contributed by atoms with Crippen LogP contribution in [0, 0.1) is 5.92 Å². The fourth-order valence-electron chi connectivity index (χ4n) is 1.59. The molecule has 0 aromatic rings. The van der Waals surface area contributed by atoms with Gasteiger partial charge in [0.1, 0.15) is 0 Å². The Morgan fingerprint density at radius 1 is 1.45 bits per heavy atom. The molecule has 0 spiro atoms. The van der Waals surface area contributed by atoms with E-state index < -0.39 is 0 Å². The van der Waals surface area contributed by atoms with E-state index in [0.717, 1.165) is 25.6 Å². The number of nitrogens with two attached hydrogens (primary N) is 1. The first kappa shape index (κ1) is 8.97. The Hall–Kier alpha value is -0.120. The van der Waals surface area contributed by atoms with E-state index in [0.29, 0.717) is 0 Å². The van der Waals surface area contributed by atoms with Crippen LogP contribution in [0.15, 0.2) is 0 Å². The molecule has 1 aliphatic rings. The summed E-state index contributed by atoms with van der Waals surface area (Å²) in [5, 5.41) is 5.11. The van der Waals surface area contributed by atoms with Crippen molar-refractivity contribution >= 4 is 0 Å². The highest BCUT2D eigenvalue weighted by atomic mass is 15.4. The molecule has 0 amide bonds. The van der Waals surface area contributed by atoms with Gasteiger partial charge in [0.15, 0.2) is 0 Å². The molecule has 0 aromatic heterocycles. The molecule has 1 fully saturated rings. The molecular weight excluding hydrogens is 138 g/mol. The zero-order chi connectivity index (χ0) is 8.10. The number of hydrazine groups is 1. The van der Waals surface area contributed by atoms with Crippen LogP contribution in [0.25, 0.3) is 0 Å². The van der Waals surface area contributed by atoms with Crippen molar-refractivity contribution in [2.75, 3.05) is 26.7 Å². The van der Waals surface area contributed by atoms with Crippen LogP contribution in [0.2, 0.25) is 0 Å². The molecule has 3 nitrogen and oxygen atoms in total. The second-order valence-corrected chi connectivity index (χ2v) is 3.37. The molecule has 1 aliphatic heterocycles. The van der Waals surface area contributed by atoms with Crippen LogP contribution < -0.4 is 11.2 Å². The topological polar surface area (TPSA) is 41.3 Å². The van der Waals surface area contributed by atoms with Crippen molar-refractivity contribution in [1.29, 1.82) is 0 Å². The summed E-state index contributed by atoms with van der Waals surface area (Å²) >= 11 is 0. The van der Waals surface area contributed by atoms with Crippen molar-refractivity contribution < 1.29 is 0 Å². The van der Waals surface area contributed by atoms with Crippen molar-refractivity contribution in [2.45, 2.75) is 19.3 Å². The number of hydrogen-bond donors (Lipinski definition) is 2. The van der Waals surface area contributed by atoms with Gasteiger partial charge in [0.25, 0.3) is 0 Å². The normalized spacial score (nSPS) is 22.4. The monoisotopic (exact) mass is 157 g/mol. The van der Waals surface area contributed by atoms with Gasteiger partial charge in [-0.1, -0.05) is 0 Å². The molecular formula is C8H19N3. The number of piperidine rings is 1. The molecule has 1 rings (SSSR count). The van der Waals surface area contributed by atoms with Gasteiger partial charge in [-0.2, -0.15) is 0 Å². The summed E-state index contributed by atoms with van der Waals surface area (Å²) in [5.74, 6) is 6.55. The minimum absolute atomic E-state index is 0.905. The molecule has 1 heterocycles. The van der Waals surface area contributed by atoms with Gasteiger partial charge < -0.3 is 5.32 Å². The molecule has 11 heavy (non-hydrogen) atoms. The van der Waals surface area contributed by atoms with Gasteiger partial charge in [0.05, 0.1) is 0 Å². The first-order chi connectivity index (χ1) is 5.33. The average Bonchev–Trinajstić information content (AvgIpc) is 2.04. The third kappa shape index (κ3) is 3.18. The smallest absolute Gasteiger partial charge is 0.0131 e. The molecule has 0 saturated carbocycles. The second-order valence-electron chi connectivity index (χ2n) is 3.37. The third-order valence-corrected chi connectivity index (χ3v) is 2.45. The largest absolute Gasteiger partial charge is 0.320 e. The highest BCUT2D eigenvalue weighted by Gasteiger charge is 2.15. The predicted molar refractivity (Wildman–Crippen MR) is 47.0 cm³/mol. The van der Waals surface area contributed by atoms with E-state index in [1.807, 2.05) is 12.1 Å². The first-order valence-electron chi connectivity index (χ1n) is 4.47. The molecule has 0 aromatic carbocycles. The lowest BCUT2D eigenvalue weighted by Crippen LogP contribution is -2.39. The van der Waals surface area contributed by atoms with E-state index in [2.05, 4.69) is 5.32 Å². The van der Waals surface area contributed by atoms with Gasteiger partial charge in [-0.25, -0.2) is 5.01 Å². The highest BCUT2D eigenvalue weighted by molar-refractivity contribution is 4.69. The zero-order valence-electron chi connectivity index (χ0n) is 7.34. The maximum atomic E-state index is 5.64. The molecule has 3 heteroatoms. The Labute approximate surface area is 68.9 Å². The average molecular weight is 157 g/mol. The SMILES string of the molecule is CNCCC1CCN(N)CC1. The Morgan fingerprint density at radius 2 is 2.09 bits per heavy atom. The lowest BCUT2D eigenvalue weighted by atomic mass is 9.94. The number of rotatable bonds is 3. The van der Waals surface area contributed by atoms with Crippen molar-refractivity contribution in [3.05, 3.63) is 0 Å². The van der Waals surface area contributed by atoms with Gasteiger partial charge in [0, 0.05) is 13.1 Å². The molecule has 0 unspecified atom stereocenters. The zero-order valence-corrected chi connectivity index (χ0v) is 7.34. The van der Waals surface area contributed by atoms with Crippen LogP contribution in [-0.4, -0.2) is 31.7 Å². The van der Waals surface area contributed by atoms with Crippen molar-refractivity contribution in [2.24, 2.45) is 11.8 Å². The summed E-state index contributed by atoms with van der Waals surface area (Å²) in [6, 6.07) is 0. The number of nitrogens with zero attached hydrogens (tertiary/aromatic N) is 1. The van der Waals surface area contributed by atoms with Crippen LogP contribution >= 0.6 is 0 Å². The van der Waals surface area contributed by atoms with Gasteiger partial charge in [-0.3, -0.25) is 5.84 Å². The van der Waals surface area contributed by atoms with Crippen molar-refractivity contribution in [3.8, 4) is 0 Å². The van der Waals surface area contributed by atoms with Gasteiger partial charge >= 0.3 is 0 Å². The van der Waals surface area contributed by atoms with E-state index >= 15 is 0 Å². The summed E-state index contributed by atoms with van der Waals surface area (Å²) in [4.78, 5) is 0. The van der Waals surface area contributed by atoms with Gasteiger partial charge in [-0.15, -0.1) is 0 Å². The van der Waals surface area contributed by atoms with Crippen LogP contribution in [0.4, 0.5) is 0 Å². The predicted octanol–water partition coefficient (Wildman–Crippen LogP) is 0.182. The summed E-state index contributed by atoms with van der Waals surface area (Å²) in [7, 11) is 2.01. The lowest BCUT2D eigenvalue weighted by molar-refractivity contribution is 0.182. The Balaban J connectivity index is 2.07. The Kier molecular flexibility index (Phi) is 3.83. The van der Waals surface area contributed by atoms with Crippen molar-refractivity contribution in [1.82, 2.24) is 10.3 Å². The third-order valence-electron chi connectivity index (χ3n) is 2.45. The number of nitrogens with one attached hydrogen (secondary N) is 1.